The highest BCUT2D eigenvalue weighted by molar-refractivity contribution is 7.92. The van der Waals surface area contributed by atoms with Crippen LogP contribution >= 0.6 is 23.2 Å². The lowest BCUT2D eigenvalue weighted by Crippen LogP contribution is -2.25. The van der Waals surface area contributed by atoms with Crippen LogP contribution < -0.4 is 5.32 Å². The molecule has 0 amide bonds. The highest BCUT2D eigenvalue weighted by Crippen LogP contribution is 2.22. The van der Waals surface area contributed by atoms with E-state index in [1.54, 1.807) is 0 Å². The molecule has 2 rings (SSSR count). The summed E-state index contributed by atoms with van der Waals surface area (Å²) < 4.78 is 23.2. The van der Waals surface area contributed by atoms with Gasteiger partial charge in [-0.1, -0.05) is 11.6 Å². The van der Waals surface area contributed by atoms with Crippen molar-refractivity contribution < 1.29 is 8.42 Å². The topological polar surface area (TPSA) is 84.8 Å². The Bertz CT molecular complexity index is 522. The lowest BCUT2D eigenvalue weighted by molar-refractivity contribution is 0.591. The zero-order valence-electron chi connectivity index (χ0n) is 8.73. The van der Waals surface area contributed by atoms with Crippen molar-refractivity contribution in [3.05, 3.63) is 10.4 Å². The maximum absolute atomic E-state index is 11.6. The summed E-state index contributed by atoms with van der Waals surface area (Å²) in [5, 5.41) is 9.52. The van der Waals surface area contributed by atoms with Crippen LogP contribution in [0.3, 0.4) is 0 Å². The van der Waals surface area contributed by atoms with Gasteiger partial charge in [0.1, 0.15) is 0 Å². The van der Waals surface area contributed by atoms with E-state index in [1.807, 2.05) is 0 Å². The average molecular weight is 297 g/mol. The summed E-state index contributed by atoms with van der Waals surface area (Å²) in [6.45, 7) is 0.261. The molecule has 1 aromatic heterocycles. The third kappa shape index (κ3) is 2.97. The van der Waals surface area contributed by atoms with E-state index in [4.69, 9.17) is 23.2 Å². The van der Waals surface area contributed by atoms with Crippen molar-refractivity contribution in [3.8, 4) is 0 Å². The van der Waals surface area contributed by atoms with E-state index in [9.17, 15) is 8.42 Å². The Balaban J connectivity index is 2.05. The first-order valence-electron chi connectivity index (χ1n) is 5.00. The zero-order valence-corrected chi connectivity index (χ0v) is 11.1. The van der Waals surface area contributed by atoms with Crippen LogP contribution in [0.25, 0.3) is 0 Å². The largest absolute Gasteiger partial charge is 0.366 e. The van der Waals surface area contributed by atoms with Gasteiger partial charge in [0.25, 0.3) is 0 Å². The summed E-state index contributed by atoms with van der Waals surface area (Å²) in [7, 11) is -2.98. The molecule has 0 spiro atoms. The molecular formula is C8H10Cl2N4O2S. The van der Waals surface area contributed by atoms with Crippen molar-refractivity contribution in [2.45, 2.75) is 18.1 Å². The third-order valence-corrected chi connectivity index (χ3v) is 5.27. The summed E-state index contributed by atoms with van der Waals surface area (Å²) in [6, 6.07) is 0. The van der Waals surface area contributed by atoms with Crippen molar-refractivity contribution >= 4 is 38.9 Å². The second-order valence-corrected chi connectivity index (χ2v) is 6.83. The molecule has 1 fully saturated rings. The van der Waals surface area contributed by atoms with Gasteiger partial charge in [0.05, 0.1) is 11.0 Å². The van der Waals surface area contributed by atoms with Gasteiger partial charge < -0.3 is 5.32 Å². The van der Waals surface area contributed by atoms with Crippen LogP contribution in [-0.2, 0) is 9.84 Å². The predicted octanol–water partition coefficient (Wildman–Crippen LogP) is 1.17. The lowest BCUT2D eigenvalue weighted by Gasteiger charge is -2.11. The summed E-state index contributed by atoms with van der Waals surface area (Å²) in [4.78, 5) is 3.84. The Kier molecular flexibility index (Phi) is 3.70. The Morgan fingerprint density at radius 1 is 1.35 bits per heavy atom. The van der Waals surface area contributed by atoms with Crippen molar-refractivity contribution in [1.29, 1.82) is 0 Å². The minimum Gasteiger partial charge on any atom is -0.366 e. The highest BCUT2D eigenvalue weighted by Gasteiger charge is 2.31. The van der Waals surface area contributed by atoms with Gasteiger partial charge in [-0.2, -0.15) is 4.98 Å². The van der Waals surface area contributed by atoms with Crippen molar-refractivity contribution in [2.75, 3.05) is 17.6 Å². The highest BCUT2D eigenvalue weighted by atomic mass is 35.5. The molecular weight excluding hydrogens is 287 g/mol. The van der Waals surface area contributed by atoms with Crippen LogP contribution in [0, 0.1) is 0 Å². The van der Waals surface area contributed by atoms with Crippen LogP contribution in [0.15, 0.2) is 0 Å². The van der Waals surface area contributed by atoms with Gasteiger partial charge in [-0.25, -0.2) is 8.42 Å². The number of nitrogens with one attached hydrogen (secondary N) is 1. The molecule has 1 aliphatic heterocycles. The van der Waals surface area contributed by atoms with Crippen molar-refractivity contribution in [3.63, 3.8) is 0 Å². The first kappa shape index (κ1) is 12.8. The molecule has 1 aromatic rings. The number of halogens is 2. The second kappa shape index (κ2) is 4.91. The van der Waals surface area contributed by atoms with Crippen LogP contribution in [0.5, 0.6) is 0 Å². The van der Waals surface area contributed by atoms with Crippen molar-refractivity contribution in [1.82, 2.24) is 15.2 Å². The maximum atomic E-state index is 11.6. The molecule has 2 heterocycles. The molecule has 0 saturated carbocycles. The SMILES string of the molecule is O=S1(=O)CCCC1CNc1nc(Cl)nnc1Cl. The fraction of sp³-hybridized carbons (Fsp3) is 0.625. The van der Waals surface area contributed by atoms with E-state index in [0.717, 1.165) is 0 Å². The summed E-state index contributed by atoms with van der Waals surface area (Å²) in [5.41, 5.74) is 0. The minimum absolute atomic E-state index is 0.0359. The summed E-state index contributed by atoms with van der Waals surface area (Å²) in [6.07, 6.45) is 1.35. The van der Waals surface area contributed by atoms with Gasteiger partial charge in [0.15, 0.2) is 20.8 Å². The lowest BCUT2D eigenvalue weighted by atomic mass is 10.2. The first-order valence-corrected chi connectivity index (χ1v) is 7.47. The summed E-state index contributed by atoms with van der Waals surface area (Å²) in [5.74, 6) is 0.504. The average Bonchev–Trinajstić information content (AvgIpc) is 2.59. The van der Waals surface area contributed by atoms with Gasteiger partial charge in [-0.3, -0.25) is 0 Å². The molecule has 1 aliphatic rings. The zero-order chi connectivity index (χ0) is 12.5. The van der Waals surface area contributed by atoms with Gasteiger partial charge in [-0.15, -0.1) is 10.2 Å². The summed E-state index contributed by atoms with van der Waals surface area (Å²) >= 11 is 11.3. The predicted molar refractivity (Wildman–Crippen MR) is 65.1 cm³/mol. The maximum Gasteiger partial charge on any atom is 0.245 e. The van der Waals surface area contributed by atoms with Crippen molar-refractivity contribution in [2.24, 2.45) is 0 Å². The van der Waals surface area contributed by atoms with E-state index < -0.39 is 15.1 Å². The van der Waals surface area contributed by atoms with Gasteiger partial charge in [0, 0.05) is 6.54 Å². The Morgan fingerprint density at radius 2 is 2.12 bits per heavy atom. The van der Waals surface area contributed by atoms with Crippen LogP contribution in [0.1, 0.15) is 12.8 Å². The number of nitrogens with zero attached hydrogens (tertiary/aromatic N) is 3. The molecule has 17 heavy (non-hydrogen) atoms. The van der Waals surface area contributed by atoms with Gasteiger partial charge in [-0.05, 0) is 24.4 Å². The van der Waals surface area contributed by atoms with Gasteiger partial charge in [0.2, 0.25) is 5.28 Å². The fourth-order valence-electron chi connectivity index (χ4n) is 1.70. The number of aromatic nitrogens is 3. The molecule has 0 aromatic carbocycles. The molecule has 1 saturated heterocycles. The minimum atomic E-state index is -2.98. The van der Waals surface area contributed by atoms with Crippen LogP contribution in [0.4, 0.5) is 5.82 Å². The molecule has 0 bridgehead atoms. The molecule has 94 valence electrons. The molecule has 0 radical (unpaired) electrons. The quantitative estimate of drug-likeness (QED) is 0.901. The number of hydrogen-bond donors (Lipinski definition) is 1. The van der Waals surface area contributed by atoms with E-state index in [-0.39, 0.29) is 28.6 Å². The van der Waals surface area contributed by atoms with Gasteiger partial charge >= 0.3 is 0 Å². The molecule has 1 atom stereocenters. The number of sulfone groups is 1. The van der Waals surface area contributed by atoms with Crippen LogP contribution in [-0.4, -0.2) is 41.1 Å². The second-order valence-electron chi connectivity index (χ2n) is 3.73. The smallest absolute Gasteiger partial charge is 0.245 e. The Hall–Kier alpha value is -0.660. The molecule has 6 nitrogen and oxygen atoms in total. The number of hydrogen-bond acceptors (Lipinski definition) is 6. The fourth-order valence-corrected chi connectivity index (χ4v) is 3.74. The monoisotopic (exact) mass is 296 g/mol. The normalized spacial score (nSPS) is 22.6. The third-order valence-electron chi connectivity index (χ3n) is 2.58. The standard InChI is InChI=1S/C8H10Cl2N4O2S/c9-6-7(12-8(10)14-13-6)11-4-5-2-1-3-17(5,15)16/h5H,1-4H2,(H,11,12,14). The Labute approximate surface area is 109 Å². The molecule has 0 aliphatic carbocycles. The number of anilines is 1. The van der Waals surface area contributed by atoms with E-state index in [0.29, 0.717) is 12.8 Å². The van der Waals surface area contributed by atoms with Crippen LogP contribution in [0.2, 0.25) is 10.4 Å². The molecule has 1 N–H and O–H groups in total. The Morgan fingerprint density at radius 3 is 2.76 bits per heavy atom. The molecule has 1 unspecified atom stereocenters. The van der Waals surface area contributed by atoms with E-state index in [2.05, 4.69) is 20.5 Å². The molecule has 9 heteroatoms. The van der Waals surface area contributed by atoms with E-state index >= 15 is 0 Å². The number of rotatable bonds is 3. The van der Waals surface area contributed by atoms with E-state index in [1.165, 1.54) is 0 Å². The first-order chi connectivity index (χ1) is 7.99.